The number of carbonyl (C=O) groups excluding carboxylic acids is 1. The zero-order valence-electron chi connectivity index (χ0n) is 15.0. The van der Waals surface area contributed by atoms with Crippen LogP contribution >= 0.6 is 11.3 Å². The maximum Gasteiger partial charge on any atom is 0.347 e. The highest BCUT2D eigenvalue weighted by molar-refractivity contribution is 7.13. The van der Waals surface area contributed by atoms with E-state index in [4.69, 9.17) is 0 Å². The second-order valence-electron chi connectivity index (χ2n) is 6.12. The molecule has 0 aliphatic carbocycles. The SMILES string of the molecule is CCC(CC)(C(=O)NC(C)c1nc(C)c(C(=O)O)s1)c1ccccc1. The second-order valence-corrected chi connectivity index (χ2v) is 7.15. The van der Waals surface area contributed by atoms with Crippen LogP contribution in [0.15, 0.2) is 30.3 Å². The second kappa shape index (κ2) is 7.78. The number of carbonyl (C=O) groups is 2. The number of nitrogens with one attached hydrogen (secondary N) is 1. The Morgan fingerprint density at radius 1 is 1.24 bits per heavy atom. The van der Waals surface area contributed by atoms with Gasteiger partial charge in [-0.3, -0.25) is 4.79 Å². The Morgan fingerprint density at radius 2 is 1.84 bits per heavy atom. The van der Waals surface area contributed by atoms with E-state index in [0.717, 1.165) is 16.9 Å². The molecule has 1 unspecified atom stereocenters. The van der Waals surface area contributed by atoms with E-state index in [2.05, 4.69) is 10.3 Å². The molecule has 0 fully saturated rings. The van der Waals surface area contributed by atoms with E-state index in [0.29, 0.717) is 23.5 Å². The Labute approximate surface area is 152 Å². The number of aromatic nitrogens is 1. The van der Waals surface area contributed by atoms with Crippen LogP contribution in [0.4, 0.5) is 0 Å². The standard InChI is InChI=1S/C19H24N2O3S/c1-5-19(6-2,14-10-8-7-9-11-14)18(24)21-13(4)16-20-12(3)15(25-16)17(22)23/h7-11,13H,5-6H2,1-4H3,(H,21,24)(H,22,23). The van der Waals surface area contributed by atoms with Gasteiger partial charge in [0, 0.05) is 0 Å². The van der Waals surface area contributed by atoms with Crippen LogP contribution in [0.5, 0.6) is 0 Å². The third kappa shape index (κ3) is 3.74. The minimum atomic E-state index is -0.986. The summed E-state index contributed by atoms with van der Waals surface area (Å²) in [4.78, 5) is 28.8. The molecule has 25 heavy (non-hydrogen) atoms. The zero-order valence-corrected chi connectivity index (χ0v) is 15.8. The predicted molar refractivity (Wildman–Crippen MR) is 99.1 cm³/mol. The summed E-state index contributed by atoms with van der Waals surface area (Å²) >= 11 is 1.11. The fraction of sp³-hybridized carbons (Fsp3) is 0.421. The van der Waals surface area contributed by atoms with Crippen molar-refractivity contribution in [2.75, 3.05) is 0 Å². The van der Waals surface area contributed by atoms with E-state index in [1.165, 1.54) is 0 Å². The first kappa shape index (κ1) is 19.1. The minimum absolute atomic E-state index is 0.0547. The molecule has 0 radical (unpaired) electrons. The zero-order chi connectivity index (χ0) is 18.6. The molecular formula is C19H24N2O3S. The summed E-state index contributed by atoms with van der Waals surface area (Å²) in [6.07, 6.45) is 1.37. The molecule has 1 atom stereocenters. The summed E-state index contributed by atoms with van der Waals surface area (Å²) < 4.78 is 0. The molecule has 2 N–H and O–H groups in total. The lowest BCUT2D eigenvalue weighted by molar-refractivity contribution is -0.127. The number of aryl methyl sites for hydroxylation is 1. The number of hydrogen-bond donors (Lipinski definition) is 2. The first-order valence-electron chi connectivity index (χ1n) is 8.42. The molecule has 5 nitrogen and oxygen atoms in total. The van der Waals surface area contributed by atoms with Gasteiger partial charge < -0.3 is 10.4 Å². The van der Waals surface area contributed by atoms with Gasteiger partial charge in [-0.2, -0.15) is 0 Å². The van der Waals surface area contributed by atoms with Crippen LogP contribution in [0, 0.1) is 6.92 Å². The van der Waals surface area contributed by atoms with Crippen molar-refractivity contribution in [3.05, 3.63) is 51.5 Å². The van der Waals surface area contributed by atoms with E-state index in [9.17, 15) is 14.7 Å². The largest absolute Gasteiger partial charge is 0.477 e. The van der Waals surface area contributed by atoms with E-state index in [1.807, 2.05) is 51.1 Å². The van der Waals surface area contributed by atoms with Gasteiger partial charge in [0.25, 0.3) is 0 Å². The van der Waals surface area contributed by atoms with Crippen LogP contribution in [0.3, 0.4) is 0 Å². The van der Waals surface area contributed by atoms with E-state index >= 15 is 0 Å². The van der Waals surface area contributed by atoms with Gasteiger partial charge >= 0.3 is 5.97 Å². The lowest BCUT2D eigenvalue weighted by Gasteiger charge is -2.32. The summed E-state index contributed by atoms with van der Waals surface area (Å²) in [5, 5.41) is 12.8. The normalized spacial score (nSPS) is 12.6. The van der Waals surface area contributed by atoms with Gasteiger partial charge in [0.1, 0.15) is 9.88 Å². The first-order valence-corrected chi connectivity index (χ1v) is 9.24. The third-order valence-electron chi connectivity index (χ3n) is 4.69. The monoisotopic (exact) mass is 360 g/mol. The molecular weight excluding hydrogens is 336 g/mol. The van der Waals surface area contributed by atoms with Crippen molar-refractivity contribution in [2.45, 2.75) is 52.0 Å². The summed E-state index contributed by atoms with van der Waals surface area (Å²) in [5.41, 5.74) is 0.873. The maximum atomic E-state index is 13.1. The number of aromatic carboxylic acids is 1. The number of nitrogens with zero attached hydrogens (tertiary/aromatic N) is 1. The summed E-state index contributed by atoms with van der Waals surface area (Å²) in [6, 6.07) is 9.43. The van der Waals surface area contributed by atoms with Crippen molar-refractivity contribution < 1.29 is 14.7 Å². The highest BCUT2D eigenvalue weighted by Gasteiger charge is 2.37. The number of thiazole rings is 1. The third-order valence-corrected chi connectivity index (χ3v) is 6.02. The predicted octanol–water partition coefficient (Wildman–Crippen LogP) is 4.08. The number of hydrogen-bond acceptors (Lipinski definition) is 4. The Balaban J connectivity index is 2.27. The summed E-state index contributed by atoms with van der Waals surface area (Å²) in [5.74, 6) is -1.04. The van der Waals surface area contributed by atoms with Gasteiger partial charge in [-0.25, -0.2) is 9.78 Å². The molecule has 1 aromatic carbocycles. The summed E-state index contributed by atoms with van der Waals surface area (Å²) in [6.45, 7) is 7.53. The molecule has 0 bridgehead atoms. The van der Waals surface area contributed by atoms with E-state index in [-0.39, 0.29) is 16.8 Å². The number of amides is 1. The van der Waals surface area contributed by atoms with Gasteiger partial charge in [0.2, 0.25) is 5.91 Å². The quantitative estimate of drug-likeness (QED) is 0.779. The van der Waals surface area contributed by atoms with Crippen LogP contribution in [-0.4, -0.2) is 22.0 Å². The first-order chi connectivity index (χ1) is 11.9. The van der Waals surface area contributed by atoms with Crippen molar-refractivity contribution in [2.24, 2.45) is 0 Å². The van der Waals surface area contributed by atoms with Gasteiger partial charge in [0.15, 0.2) is 0 Å². The Bertz CT molecular complexity index is 751. The van der Waals surface area contributed by atoms with Crippen molar-refractivity contribution in [3.8, 4) is 0 Å². The molecule has 0 saturated heterocycles. The van der Waals surface area contributed by atoms with Crippen LogP contribution in [0.1, 0.15) is 65.6 Å². The van der Waals surface area contributed by atoms with Crippen LogP contribution in [0.2, 0.25) is 0 Å². The van der Waals surface area contributed by atoms with Crippen LogP contribution in [0.25, 0.3) is 0 Å². The lowest BCUT2D eigenvalue weighted by Crippen LogP contribution is -2.44. The maximum absolute atomic E-state index is 13.1. The fourth-order valence-electron chi connectivity index (χ4n) is 3.07. The molecule has 0 aliphatic rings. The summed E-state index contributed by atoms with van der Waals surface area (Å²) in [7, 11) is 0. The van der Waals surface area contributed by atoms with Crippen LogP contribution < -0.4 is 5.32 Å². The van der Waals surface area contributed by atoms with Gasteiger partial charge in [0.05, 0.1) is 17.2 Å². The number of rotatable bonds is 7. The lowest BCUT2D eigenvalue weighted by atomic mass is 9.75. The van der Waals surface area contributed by atoms with Crippen molar-refractivity contribution in [1.82, 2.24) is 10.3 Å². The van der Waals surface area contributed by atoms with E-state index < -0.39 is 11.4 Å². The van der Waals surface area contributed by atoms with Crippen molar-refractivity contribution in [1.29, 1.82) is 0 Å². The molecule has 0 saturated carbocycles. The topological polar surface area (TPSA) is 79.3 Å². The van der Waals surface area contributed by atoms with Crippen LogP contribution in [-0.2, 0) is 10.2 Å². The highest BCUT2D eigenvalue weighted by atomic mass is 32.1. The number of benzene rings is 1. The molecule has 2 rings (SSSR count). The number of carboxylic acid groups (broad SMARTS) is 1. The van der Waals surface area contributed by atoms with Gasteiger partial charge in [-0.1, -0.05) is 44.2 Å². The Hall–Kier alpha value is -2.21. The molecule has 6 heteroatoms. The Morgan fingerprint density at radius 3 is 2.32 bits per heavy atom. The molecule has 0 spiro atoms. The number of carboxylic acids is 1. The molecule has 1 heterocycles. The molecule has 1 amide bonds. The average Bonchev–Trinajstić information content (AvgIpc) is 3.00. The average molecular weight is 360 g/mol. The molecule has 0 aliphatic heterocycles. The van der Waals surface area contributed by atoms with Gasteiger partial charge in [-0.05, 0) is 32.3 Å². The molecule has 2 aromatic rings. The van der Waals surface area contributed by atoms with Crippen molar-refractivity contribution >= 4 is 23.2 Å². The van der Waals surface area contributed by atoms with E-state index in [1.54, 1.807) is 6.92 Å². The van der Waals surface area contributed by atoms with Gasteiger partial charge in [-0.15, -0.1) is 11.3 Å². The minimum Gasteiger partial charge on any atom is -0.477 e. The Kier molecular flexibility index (Phi) is 5.95. The molecule has 1 aromatic heterocycles. The smallest absolute Gasteiger partial charge is 0.347 e. The van der Waals surface area contributed by atoms with Crippen molar-refractivity contribution in [3.63, 3.8) is 0 Å². The highest BCUT2D eigenvalue weighted by Crippen LogP contribution is 2.33. The fourth-order valence-corrected chi connectivity index (χ4v) is 3.97. The molecule has 134 valence electrons.